The van der Waals surface area contributed by atoms with E-state index in [1.165, 1.54) is 0 Å². The van der Waals surface area contributed by atoms with Crippen molar-refractivity contribution in [2.45, 2.75) is 26.4 Å². The van der Waals surface area contributed by atoms with Gasteiger partial charge >= 0.3 is 0 Å². The molecule has 1 saturated heterocycles. The molecule has 28 heavy (non-hydrogen) atoms. The Balaban J connectivity index is 1.38. The van der Waals surface area contributed by atoms with Crippen LogP contribution in [0, 0.1) is 6.92 Å². The molecule has 1 atom stereocenters. The third-order valence-corrected chi connectivity index (χ3v) is 4.91. The number of anilines is 1. The number of carbonyl (C=O) groups excluding carboxylic acids is 2. The van der Waals surface area contributed by atoms with E-state index in [4.69, 9.17) is 4.52 Å². The zero-order valence-electron chi connectivity index (χ0n) is 16.4. The van der Waals surface area contributed by atoms with Gasteiger partial charge in [0, 0.05) is 38.8 Å². The molecule has 8 heteroatoms. The maximum absolute atomic E-state index is 12.4. The van der Waals surface area contributed by atoms with E-state index >= 15 is 0 Å². The topological polar surface area (TPSA) is 90.7 Å². The number of amides is 2. The maximum atomic E-state index is 12.4. The lowest BCUT2D eigenvalue weighted by Crippen LogP contribution is -2.54. The van der Waals surface area contributed by atoms with E-state index in [0.717, 1.165) is 31.7 Å². The Morgan fingerprint density at radius 2 is 1.89 bits per heavy atom. The fraction of sp³-hybridized carbons (Fsp3) is 0.450. The maximum Gasteiger partial charge on any atom is 0.242 e. The van der Waals surface area contributed by atoms with Gasteiger partial charge in [-0.15, -0.1) is 0 Å². The van der Waals surface area contributed by atoms with Crippen LogP contribution in [-0.2, 0) is 16.1 Å². The van der Waals surface area contributed by atoms with Crippen molar-refractivity contribution in [2.24, 2.45) is 0 Å². The van der Waals surface area contributed by atoms with Crippen LogP contribution in [0.4, 0.5) is 5.82 Å². The lowest BCUT2D eigenvalue weighted by molar-refractivity contribution is -0.124. The second kappa shape index (κ2) is 9.48. The van der Waals surface area contributed by atoms with Crippen molar-refractivity contribution in [3.63, 3.8) is 0 Å². The first kappa shape index (κ1) is 20.0. The molecule has 0 radical (unpaired) electrons. The highest BCUT2D eigenvalue weighted by Gasteiger charge is 2.26. The highest BCUT2D eigenvalue weighted by Crippen LogP contribution is 2.11. The van der Waals surface area contributed by atoms with E-state index in [1.54, 1.807) is 13.0 Å². The van der Waals surface area contributed by atoms with Gasteiger partial charge in [-0.1, -0.05) is 35.5 Å². The van der Waals surface area contributed by atoms with Crippen molar-refractivity contribution < 1.29 is 14.1 Å². The third-order valence-electron chi connectivity index (χ3n) is 4.91. The van der Waals surface area contributed by atoms with Crippen LogP contribution >= 0.6 is 0 Å². The number of hydrogen-bond acceptors (Lipinski definition) is 6. The first-order valence-corrected chi connectivity index (χ1v) is 9.52. The zero-order valence-corrected chi connectivity index (χ0v) is 16.4. The summed E-state index contributed by atoms with van der Waals surface area (Å²) >= 11 is 0. The van der Waals surface area contributed by atoms with Gasteiger partial charge in [-0.05, 0) is 19.4 Å². The first-order chi connectivity index (χ1) is 13.5. The monoisotopic (exact) mass is 385 g/mol. The summed E-state index contributed by atoms with van der Waals surface area (Å²) in [6.45, 7) is 7.54. The third kappa shape index (κ3) is 5.64. The lowest BCUT2D eigenvalue weighted by Gasteiger charge is -2.36. The number of hydrogen-bond donors (Lipinski definition) is 2. The Bertz CT molecular complexity index is 784. The van der Waals surface area contributed by atoms with E-state index in [1.807, 2.05) is 37.3 Å². The molecule has 2 aromatic rings. The number of piperazine rings is 1. The van der Waals surface area contributed by atoms with Crippen LogP contribution in [0.2, 0.25) is 0 Å². The largest absolute Gasteiger partial charge is 0.360 e. The highest BCUT2D eigenvalue weighted by atomic mass is 16.5. The van der Waals surface area contributed by atoms with Crippen LogP contribution in [0.25, 0.3) is 0 Å². The molecule has 1 aliphatic rings. The summed E-state index contributed by atoms with van der Waals surface area (Å²) in [5.41, 5.74) is 1.09. The number of nitrogens with zero attached hydrogens (tertiary/aromatic N) is 3. The highest BCUT2D eigenvalue weighted by molar-refractivity contribution is 5.93. The van der Waals surface area contributed by atoms with Gasteiger partial charge in [-0.3, -0.25) is 19.4 Å². The fourth-order valence-corrected chi connectivity index (χ4v) is 3.19. The summed E-state index contributed by atoms with van der Waals surface area (Å²) in [7, 11) is 0. The van der Waals surface area contributed by atoms with Crippen molar-refractivity contribution in [1.82, 2.24) is 20.3 Å². The molecule has 0 bridgehead atoms. The molecule has 150 valence electrons. The van der Waals surface area contributed by atoms with Crippen molar-refractivity contribution in [2.75, 3.05) is 38.0 Å². The Kier molecular flexibility index (Phi) is 6.78. The number of benzene rings is 1. The summed E-state index contributed by atoms with van der Waals surface area (Å²) in [6, 6.07) is 11.3. The van der Waals surface area contributed by atoms with E-state index < -0.39 is 0 Å². The predicted molar refractivity (Wildman–Crippen MR) is 106 cm³/mol. The molecule has 1 aromatic heterocycles. The molecule has 2 heterocycles. The first-order valence-electron chi connectivity index (χ1n) is 9.52. The molecule has 3 rings (SSSR count). The van der Waals surface area contributed by atoms with E-state index in [2.05, 4.69) is 25.6 Å². The second-order valence-electron chi connectivity index (χ2n) is 7.06. The van der Waals surface area contributed by atoms with Crippen LogP contribution < -0.4 is 10.6 Å². The quantitative estimate of drug-likeness (QED) is 0.745. The van der Waals surface area contributed by atoms with Crippen LogP contribution in [-0.4, -0.2) is 65.5 Å². The Labute approximate surface area is 164 Å². The van der Waals surface area contributed by atoms with Crippen molar-refractivity contribution in [3.8, 4) is 0 Å². The molecule has 1 aromatic carbocycles. The van der Waals surface area contributed by atoms with E-state index in [0.29, 0.717) is 24.7 Å². The molecule has 0 spiro atoms. The summed E-state index contributed by atoms with van der Waals surface area (Å²) in [6.07, 6.45) is 0. The van der Waals surface area contributed by atoms with Crippen molar-refractivity contribution >= 4 is 17.6 Å². The van der Waals surface area contributed by atoms with Gasteiger partial charge in [0.05, 0.1) is 12.6 Å². The number of rotatable bonds is 7. The van der Waals surface area contributed by atoms with Crippen LogP contribution in [0.15, 0.2) is 40.9 Å². The lowest BCUT2D eigenvalue weighted by atomic mass is 10.2. The van der Waals surface area contributed by atoms with Gasteiger partial charge < -0.3 is 15.2 Å². The van der Waals surface area contributed by atoms with Crippen LogP contribution in [0.3, 0.4) is 0 Å². The normalized spacial score (nSPS) is 16.5. The molecule has 8 nitrogen and oxygen atoms in total. The zero-order chi connectivity index (χ0) is 19.9. The second-order valence-corrected chi connectivity index (χ2v) is 7.06. The van der Waals surface area contributed by atoms with Gasteiger partial charge in [0.2, 0.25) is 11.8 Å². The molecule has 0 aliphatic carbocycles. The van der Waals surface area contributed by atoms with Gasteiger partial charge in [-0.25, -0.2) is 0 Å². The Morgan fingerprint density at radius 3 is 2.54 bits per heavy atom. The Hall–Kier alpha value is -2.71. The summed E-state index contributed by atoms with van der Waals surface area (Å²) in [5.74, 6) is 0.997. The van der Waals surface area contributed by atoms with Crippen LogP contribution in [0.1, 0.15) is 18.2 Å². The van der Waals surface area contributed by atoms with Crippen molar-refractivity contribution in [1.29, 1.82) is 0 Å². The smallest absolute Gasteiger partial charge is 0.242 e. The van der Waals surface area contributed by atoms with Gasteiger partial charge in [0.1, 0.15) is 5.76 Å². The summed E-state index contributed by atoms with van der Waals surface area (Å²) in [5, 5.41) is 9.52. The molecular weight excluding hydrogens is 358 g/mol. The number of aryl methyl sites for hydroxylation is 1. The van der Waals surface area contributed by atoms with Gasteiger partial charge in [0.15, 0.2) is 5.82 Å². The van der Waals surface area contributed by atoms with Crippen LogP contribution in [0.5, 0.6) is 0 Å². The minimum Gasteiger partial charge on any atom is -0.360 e. The van der Waals surface area contributed by atoms with Gasteiger partial charge in [-0.2, -0.15) is 0 Å². The average Bonchev–Trinajstić information content (AvgIpc) is 3.12. The minimum atomic E-state index is -0.272. The molecule has 1 fully saturated rings. The average molecular weight is 385 g/mol. The standard InChI is InChI=1S/C20H27N5O3/c1-15-12-18(23-28-15)22-20(27)16(2)25-10-8-24(9-11-25)14-19(26)21-13-17-6-4-3-5-7-17/h3-7,12,16H,8-11,13-14H2,1-2H3,(H,21,26)(H,22,23,27). The predicted octanol–water partition coefficient (Wildman–Crippen LogP) is 1.24. The SMILES string of the molecule is Cc1cc(NC(=O)C(C)N2CCN(CC(=O)NCc3ccccc3)CC2)no1. The molecule has 1 aliphatic heterocycles. The molecule has 2 amide bonds. The molecule has 1 unspecified atom stereocenters. The van der Waals surface area contributed by atoms with Crippen molar-refractivity contribution in [3.05, 3.63) is 47.7 Å². The van der Waals surface area contributed by atoms with Gasteiger partial charge in [0.25, 0.3) is 0 Å². The number of aromatic nitrogens is 1. The molecule has 0 saturated carbocycles. The summed E-state index contributed by atoms with van der Waals surface area (Å²) in [4.78, 5) is 28.8. The van der Waals surface area contributed by atoms with E-state index in [-0.39, 0.29) is 17.9 Å². The number of nitrogens with one attached hydrogen (secondary N) is 2. The fourth-order valence-electron chi connectivity index (χ4n) is 3.19. The molecular formula is C20H27N5O3. The minimum absolute atomic E-state index is 0.0181. The Morgan fingerprint density at radius 1 is 1.18 bits per heavy atom. The van der Waals surface area contributed by atoms with E-state index in [9.17, 15) is 9.59 Å². The summed E-state index contributed by atoms with van der Waals surface area (Å²) < 4.78 is 4.97. The molecule has 2 N–H and O–H groups in total. The number of carbonyl (C=O) groups is 2.